The van der Waals surface area contributed by atoms with Gasteiger partial charge in [-0.25, -0.2) is 9.40 Å². The summed E-state index contributed by atoms with van der Waals surface area (Å²) in [6.45, 7) is 3.57. The van der Waals surface area contributed by atoms with Gasteiger partial charge in [-0.1, -0.05) is 12.1 Å². The molecule has 0 saturated carbocycles. The van der Waals surface area contributed by atoms with Gasteiger partial charge in [0.25, 0.3) is 0 Å². The minimum absolute atomic E-state index is 0.129. The maximum atomic E-state index is 13.5. The van der Waals surface area contributed by atoms with E-state index in [1.54, 1.807) is 6.07 Å². The lowest BCUT2D eigenvalue weighted by atomic mass is 10.2. The van der Waals surface area contributed by atoms with Gasteiger partial charge in [0.2, 0.25) is 0 Å². The van der Waals surface area contributed by atoms with E-state index in [9.17, 15) is 4.39 Å². The van der Waals surface area contributed by atoms with Gasteiger partial charge in [-0.3, -0.25) is 5.43 Å². The quantitative estimate of drug-likeness (QED) is 0.786. The Labute approximate surface area is 89.5 Å². The molecule has 1 fully saturated rings. The van der Waals surface area contributed by atoms with Crippen LogP contribution < -0.4 is 10.3 Å². The van der Waals surface area contributed by atoms with Crippen LogP contribution in [-0.4, -0.2) is 38.2 Å². The van der Waals surface area contributed by atoms with Crippen molar-refractivity contribution >= 4 is 5.69 Å². The van der Waals surface area contributed by atoms with Crippen LogP contribution in [0.15, 0.2) is 24.3 Å². The third-order valence-corrected chi connectivity index (χ3v) is 2.79. The minimum Gasteiger partial charge on any atom is -0.366 e. The summed E-state index contributed by atoms with van der Waals surface area (Å²) in [6, 6.07) is 6.95. The molecule has 0 atom stereocenters. The van der Waals surface area contributed by atoms with Gasteiger partial charge in [-0.2, -0.15) is 0 Å². The molecule has 4 heteroatoms. The van der Waals surface area contributed by atoms with Gasteiger partial charge in [0.1, 0.15) is 5.82 Å². The Kier molecular flexibility index (Phi) is 3.18. The number of piperazine rings is 1. The van der Waals surface area contributed by atoms with Crippen LogP contribution in [0.2, 0.25) is 0 Å². The highest BCUT2D eigenvalue weighted by Gasteiger charge is 2.17. The van der Waals surface area contributed by atoms with Gasteiger partial charge in [-0.05, 0) is 19.2 Å². The predicted molar refractivity (Wildman–Crippen MR) is 59.2 cm³/mol. The van der Waals surface area contributed by atoms with Crippen molar-refractivity contribution in [1.82, 2.24) is 10.4 Å². The topological polar surface area (TPSA) is 18.5 Å². The van der Waals surface area contributed by atoms with Crippen molar-refractivity contribution in [3.63, 3.8) is 0 Å². The van der Waals surface area contributed by atoms with Crippen LogP contribution in [0.3, 0.4) is 0 Å². The molecule has 0 aromatic heterocycles. The summed E-state index contributed by atoms with van der Waals surface area (Å²) in [6.07, 6.45) is 0. The lowest BCUT2D eigenvalue weighted by Gasteiger charge is -2.35. The first-order chi connectivity index (χ1) is 7.31. The molecule has 0 bridgehead atoms. The first kappa shape index (κ1) is 10.4. The number of halogens is 1. The van der Waals surface area contributed by atoms with Gasteiger partial charge in [0.15, 0.2) is 0 Å². The van der Waals surface area contributed by atoms with Crippen molar-refractivity contribution in [3.05, 3.63) is 30.1 Å². The second-order valence-corrected chi connectivity index (χ2v) is 3.65. The van der Waals surface area contributed by atoms with Gasteiger partial charge in [0, 0.05) is 26.2 Å². The Morgan fingerprint density at radius 2 is 1.80 bits per heavy atom. The molecule has 0 amide bonds. The highest BCUT2D eigenvalue weighted by atomic mass is 19.1. The molecule has 1 aliphatic heterocycles. The largest absolute Gasteiger partial charge is 0.366 e. The zero-order valence-corrected chi connectivity index (χ0v) is 8.91. The van der Waals surface area contributed by atoms with Crippen LogP contribution in [0.5, 0.6) is 0 Å². The Balaban J connectivity index is 2.04. The molecule has 15 heavy (non-hydrogen) atoms. The maximum Gasteiger partial charge on any atom is 0.146 e. The first-order valence-electron chi connectivity index (χ1n) is 5.23. The van der Waals surface area contributed by atoms with Crippen molar-refractivity contribution in [1.29, 1.82) is 0 Å². The molecule has 2 rings (SSSR count). The van der Waals surface area contributed by atoms with E-state index >= 15 is 0 Å². The maximum absolute atomic E-state index is 13.5. The summed E-state index contributed by atoms with van der Waals surface area (Å²) in [5.74, 6) is -0.129. The average Bonchev–Trinajstić information content (AvgIpc) is 2.30. The number of hydrazine groups is 1. The van der Waals surface area contributed by atoms with E-state index in [-0.39, 0.29) is 5.82 Å². The highest BCUT2D eigenvalue weighted by Crippen LogP contribution is 2.19. The number of nitrogens with one attached hydrogen (secondary N) is 1. The van der Waals surface area contributed by atoms with Crippen LogP contribution in [0.25, 0.3) is 0 Å². The number of benzene rings is 1. The van der Waals surface area contributed by atoms with Crippen molar-refractivity contribution in [3.8, 4) is 0 Å². The fourth-order valence-corrected chi connectivity index (χ4v) is 1.88. The lowest BCUT2D eigenvalue weighted by Crippen LogP contribution is -2.51. The molecule has 82 valence electrons. The lowest BCUT2D eigenvalue weighted by molar-refractivity contribution is 0.195. The molecule has 1 N–H and O–H groups in total. The molecule has 0 aliphatic carbocycles. The molecular formula is C11H16FN3. The van der Waals surface area contributed by atoms with Crippen LogP contribution in [0.4, 0.5) is 10.1 Å². The predicted octanol–water partition coefficient (Wildman–Crippen LogP) is 1.08. The van der Waals surface area contributed by atoms with Crippen LogP contribution in [0.1, 0.15) is 0 Å². The molecule has 1 aromatic carbocycles. The normalized spacial score (nSPS) is 18.1. The summed E-state index contributed by atoms with van der Waals surface area (Å²) in [5, 5.41) is 2.14. The molecule has 1 aromatic rings. The fraction of sp³-hybridized carbons (Fsp3) is 0.455. The SMILES string of the molecule is CNN1CCN(c2ccccc2F)CC1. The number of hydrogen-bond acceptors (Lipinski definition) is 3. The third kappa shape index (κ3) is 2.27. The van der Waals surface area contributed by atoms with Crippen LogP contribution in [0, 0.1) is 5.82 Å². The number of nitrogens with zero attached hydrogens (tertiary/aromatic N) is 2. The van der Waals surface area contributed by atoms with Crippen molar-refractivity contribution in [2.45, 2.75) is 0 Å². The molecule has 1 heterocycles. The molecule has 0 radical (unpaired) electrons. The average molecular weight is 209 g/mol. The molecule has 3 nitrogen and oxygen atoms in total. The Morgan fingerprint density at radius 1 is 1.13 bits per heavy atom. The molecule has 1 aliphatic rings. The van der Waals surface area contributed by atoms with Gasteiger partial charge >= 0.3 is 0 Å². The van der Waals surface area contributed by atoms with Crippen molar-refractivity contribution < 1.29 is 4.39 Å². The fourth-order valence-electron chi connectivity index (χ4n) is 1.88. The van der Waals surface area contributed by atoms with E-state index in [0.29, 0.717) is 5.69 Å². The molecule has 0 unspecified atom stereocenters. The molecular weight excluding hydrogens is 193 g/mol. The van der Waals surface area contributed by atoms with Crippen LogP contribution >= 0.6 is 0 Å². The second kappa shape index (κ2) is 4.59. The zero-order chi connectivity index (χ0) is 10.7. The first-order valence-corrected chi connectivity index (χ1v) is 5.23. The van der Waals surface area contributed by atoms with E-state index in [0.717, 1.165) is 26.2 Å². The highest BCUT2D eigenvalue weighted by molar-refractivity contribution is 5.47. The smallest absolute Gasteiger partial charge is 0.146 e. The second-order valence-electron chi connectivity index (χ2n) is 3.65. The van der Waals surface area contributed by atoms with Gasteiger partial charge < -0.3 is 4.90 Å². The number of rotatable bonds is 2. The van der Waals surface area contributed by atoms with Gasteiger partial charge in [-0.15, -0.1) is 0 Å². The van der Waals surface area contributed by atoms with Crippen LogP contribution in [-0.2, 0) is 0 Å². The summed E-state index contributed by atoms with van der Waals surface area (Å²) in [4.78, 5) is 2.09. The number of hydrogen-bond donors (Lipinski definition) is 1. The summed E-state index contributed by atoms with van der Waals surface area (Å²) in [7, 11) is 1.92. The van der Waals surface area contributed by atoms with Crippen molar-refractivity contribution in [2.24, 2.45) is 0 Å². The number of para-hydroxylation sites is 1. The van der Waals surface area contributed by atoms with E-state index in [4.69, 9.17) is 0 Å². The van der Waals surface area contributed by atoms with E-state index in [1.807, 2.05) is 19.2 Å². The Hall–Kier alpha value is -1.13. The zero-order valence-electron chi connectivity index (χ0n) is 8.91. The monoisotopic (exact) mass is 209 g/mol. The minimum atomic E-state index is -0.129. The number of anilines is 1. The summed E-state index contributed by atoms with van der Waals surface area (Å²) < 4.78 is 13.5. The van der Waals surface area contributed by atoms with Crippen molar-refractivity contribution in [2.75, 3.05) is 38.1 Å². The third-order valence-electron chi connectivity index (χ3n) is 2.79. The standard InChI is InChI=1S/C11H16FN3/c1-13-15-8-6-14(7-9-15)11-5-3-2-4-10(11)12/h2-5,13H,6-9H2,1H3. The Morgan fingerprint density at radius 3 is 2.40 bits per heavy atom. The summed E-state index contributed by atoms with van der Waals surface area (Å²) >= 11 is 0. The van der Waals surface area contributed by atoms with E-state index in [1.165, 1.54) is 6.07 Å². The summed E-state index contributed by atoms with van der Waals surface area (Å²) in [5.41, 5.74) is 3.82. The molecule has 1 saturated heterocycles. The Bertz CT molecular complexity index is 321. The van der Waals surface area contributed by atoms with E-state index < -0.39 is 0 Å². The molecule has 0 spiro atoms. The van der Waals surface area contributed by atoms with Gasteiger partial charge in [0.05, 0.1) is 5.69 Å². The van der Waals surface area contributed by atoms with E-state index in [2.05, 4.69) is 15.3 Å².